The molecule has 0 saturated carbocycles. The Kier molecular flexibility index (Phi) is 4.14. The first-order chi connectivity index (χ1) is 9.06. The van der Waals surface area contributed by atoms with Gasteiger partial charge in [-0.1, -0.05) is 22.0 Å². The molecule has 0 aliphatic heterocycles. The molecule has 1 atom stereocenters. The molecule has 0 saturated heterocycles. The Bertz CT molecular complexity index is 511. The summed E-state index contributed by atoms with van der Waals surface area (Å²) in [4.78, 5) is 4.04. The van der Waals surface area contributed by atoms with Crippen molar-refractivity contribution in [1.29, 1.82) is 0 Å². The monoisotopic (exact) mass is 324 g/mol. The molecule has 2 rings (SSSR count). The molecule has 0 aliphatic rings. The number of nitrogens with two attached hydrogens (primary N) is 2. The molecule has 1 aromatic heterocycles. The molecule has 0 aliphatic carbocycles. The fourth-order valence-corrected chi connectivity index (χ4v) is 2.63. The normalized spacial score (nSPS) is 12.4. The lowest BCUT2D eigenvalue weighted by Crippen LogP contribution is -2.31. The van der Waals surface area contributed by atoms with Crippen molar-refractivity contribution in [3.05, 3.63) is 57.4 Å². The van der Waals surface area contributed by atoms with Crippen molar-refractivity contribution in [1.82, 2.24) is 10.4 Å². The van der Waals surface area contributed by atoms with Crippen LogP contribution in [0.25, 0.3) is 0 Å². The van der Waals surface area contributed by atoms with Crippen molar-refractivity contribution < 1.29 is 4.39 Å². The van der Waals surface area contributed by atoms with Crippen LogP contribution in [0.2, 0.25) is 0 Å². The Morgan fingerprint density at radius 1 is 1.32 bits per heavy atom. The first-order valence-corrected chi connectivity index (χ1v) is 6.46. The predicted octanol–water partition coefficient (Wildman–Crippen LogP) is 2.43. The molecule has 0 spiro atoms. The minimum absolute atomic E-state index is 0.332. The van der Waals surface area contributed by atoms with E-state index in [2.05, 4.69) is 26.3 Å². The van der Waals surface area contributed by atoms with Gasteiger partial charge in [-0.25, -0.2) is 14.8 Å². The Morgan fingerprint density at radius 2 is 2.05 bits per heavy atom. The summed E-state index contributed by atoms with van der Waals surface area (Å²) in [7, 11) is 0. The number of pyridine rings is 1. The minimum Gasteiger partial charge on any atom is -0.383 e. The van der Waals surface area contributed by atoms with E-state index in [-0.39, 0.29) is 5.82 Å². The van der Waals surface area contributed by atoms with E-state index in [4.69, 9.17) is 11.6 Å². The van der Waals surface area contributed by atoms with Gasteiger partial charge in [0.15, 0.2) is 0 Å². The van der Waals surface area contributed by atoms with Gasteiger partial charge in [0.05, 0.1) is 6.04 Å². The molecular weight excluding hydrogens is 311 g/mol. The molecule has 0 amide bonds. The number of hydrogen-bond acceptors (Lipinski definition) is 4. The number of aryl methyl sites for hydroxylation is 1. The molecule has 2 aromatic rings. The van der Waals surface area contributed by atoms with Gasteiger partial charge in [0, 0.05) is 21.8 Å². The third-order valence-electron chi connectivity index (χ3n) is 2.98. The summed E-state index contributed by atoms with van der Waals surface area (Å²) in [6.45, 7) is 1.88. The van der Waals surface area contributed by atoms with E-state index in [1.165, 1.54) is 6.07 Å². The van der Waals surface area contributed by atoms with Gasteiger partial charge >= 0.3 is 0 Å². The largest absolute Gasteiger partial charge is 0.383 e. The van der Waals surface area contributed by atoms with E-state index in [1.54, 1.807) is 18.3 Å². The Balaban J connectivity index is 2.64. The zero-order chi connectivity index (χ0) is 14.0. The van der Waals surface area contributed by atoms with Gasteiger partial charge in [-0.15, -0.1) is 0 Å². The van der Waals surface area contributed by atoms with E-state index >= 15 is 0 Å². The van der Waals surface area contributed by atoms with Crippen LogP contribution in [0.15, 0.2) is 34.9 Å². The van der Waals surface area contributed by atoms with Gasteiger partial charge in [0.2, 0.25) is 0 Å². The third-order valence-corrected chi connectivity index (χ3v) is 3.67. The predicted molar refractivity (Wildman–Crippen MR) is 76.7 cm³/mol. The molecule has 100 valence electrons. The lowest BCUT2D eigenvalue weighted by molar-refractivity contribution is 0.556. The minimum atomic E-state index is -0.565. The van der Waals surface area contributed by atoms with E-state index in [1.807, 2.05) is 13.0 Å². The van der Waals surface area contributed by atoms with Crippen LogP contribution in [0, 0.1) is 12.7 Å². The van der Waals surface area contributed by atoms with Crippen LogP contribution >= 0.6 is 15.9 Å². The maximum atomic E-state index is 14.0. The van der Waals surface area contributed by atoms with Gasteiger partial charge in [-0.05, 0) is 30.7 Å². The molecule has 1 aromatic carbocycles. The van der Waals surface area contributed by atoms with Crippen molar-refractivity contribution in [3.8, 4) is 0 Å². The van der Waals surface area contributed by atoms with Gasteiger partial charge < -0.3 is 5.73 Å². The summed E-state index contributed by atoms with van der Waals surface area (Å²) in [5.74, 6) is 5.56. The fourth-order valence-electron chi connectivity index (χ4n) is 2.06. The van der Waals surface area contributed by atoms with Crippen LogP contribution in [-0.4, -0.2) is 4.98 Å². The number of hydrazine groups is 1. The molecule has 1 unspecified atom stereocenters. The molecule has 1 heterocycles. The number of nitrogens with one attached hydrogen (secondary N) is 1. The van der Waals surface area contributed by atoms with Crippen molar-refractivity contribution >= 4 is 21.7 Å². The quantitative estimate of drug-likeness (QED) is 0.598. The second kappa shape index (κ2) is 5.64. The van der Waals surface area contributed by atoms with E-state index in [0.29, 0.717) is 21.4 Å². The van der Waals surface area contributed by atoms with E-state index in [0.717, 1.165) is 5.56 Å². The topological polar surface area (TPSA) is 77.0 Å². The Morgan fingerprint density at radius 3 is 2.63 bits per heavy atom. The molecule has 6 heteroatoms. The number of anilines is 1. The van der Waals surface area contributed by atoms with E-state index in [9.17, 15) is 4.39 Å². The molecule has 0 bridgehead atoms. The molecule has 0 radical (unpaired) electrons. The summed E-state index contributed by atoms with van der Waals surface area (Å²) >= 11 is 3.34. The first kappa shape index (κ1) is 13.9. The van der Waals surface area contributed by atoms with Crippen LogP contribution in [-0.2, 0) is 0 Å². The highest BCUT2D eigenvalue weighted by Gasteiger charge is 2.23. The molecule has 4 nitrogen and oxygen atoms in total. The zero-order valence-electron chi connectivity index (χ0n) is 10.3. The molecular formula is C13H14BrFN4. The summed E-state index contributed by atoms with van der Waals surface area (Å²) in [5.41, 5.74) is 10.5. The SMILES string of the molecule is Cc1ccnc(N)c1C(NN)c1c(F)cccc1Br. The number of rotatable bonds is 3. The average molecular weight is 325 g/mol. The van der Waals surface area contributed by atoms with Gasteiger partial charge in [0.25, 0.3) is 0 Å². The van der Waals surface area contributed by atoms with Crippen molar-refractivity contribution in [2.24, 2.45) is 5.84 Å². The second-order valence-electron chi connectivity index (χ2n) is 4.16. The van der Waals surface area contributed by atoms with E-state index < -0.39 is 6.04 Å². The summed E-state index contributed by atoms with van der Waals surface area (Å²) in [5, 5.41) is 0. The number of nitrogen functional groups attached to an aromatic ring is 1. The highest BCUT2D eigenvalue weighted by molar-refractivity contribution is 9.10. The summed E-state index contributed by atoms with van der Waals surface area (Å²) in [6.07, 6.45) is 1.61. The van der Waals surface area contributed by atoms with Crippen LogP contribution in [0.5, 0.6) is 0 Å². The second-order valence-corrected chi connectivity index (χ2v) is 5.02. The van der Waals surface area contributed by atoms with Crippen molar-refractivity contribution in [3.63, 3.8) is 0 Å². The zero-order valence-corrected chi connectivity index (χ0v) is 11.9. The molecule has 0 fully saturated rings. The van der Waals surface area contributed by atoms with Crippen molar-refractivity contribution in [2.45, 2.75) is 13.0 Å². The van der Waals surface area contributed by atoms with Gasteiger partial charge in [0.1, 0.15) is 11.6 Å². The first-order valence-electron chi connectivity index (χ1n) is 5.67. The fraction of sp³-hybridized carbons (Fsp3) is 0.154. The molecule has 19 heavy (non-hydrogen) atoms. The maximum Gasteiger partial charge on any atom is 0.129 e. The van der Waals surface area contributed by atoms with Crippen LogP contribution in [0.3, 0.4) is 0 Å². The number of aromatic nitrogens is 1. The summed E-state index contributed by atoms with van der Waals surface area (Å²) in [6, 6.07) is 6.00. The molecule has 5 N–H and O–H groups in total. The lowest BCUT2D eigenvalue weighted by Gasteiger charge is -2.21. The highest BCUT2D eigenvalue weighted by Crippen LogP contribution is 2.33. The smallest absolute Gasteiger partial charge is 0.129 e. The number of halogens is 2. The number of nitrogens with zero attached hydrogens (tertiary/aromatic N) is 1. The number of hydrogen-bond donors (Lipinski definition) is 3. The van der Waals surface area contributed by atoms with Crippen LogP contribution < -0.4 is 17.0 Å². The summed E-state index contributed by atoms with van der Waals surface area (Å²) < 4.78 is 14.7. The van der Waals surface area contributed by atoms with Gasteiger partial charge in [-0.3, -0.25) is 5.84 Å². The van der Waals surface area contributed by atoms with Gasteiger partial charge in [-0.2, -0.15) is 0 Å². The standard InChI is InChI=1S/C13H14BrFN4/c1-7-5-6-18-13(16)10(7)12(19-17)11-8(14)3-2-4-9(11)15/h2-6,12,19H,17H2,1H3,(H2,16,18). The van der Waals surface area contributed by atoms with Crippen LogP contribution in [0.1, 0.15) is 22.7 Å². The van der Waals surface area contributed by atoms with Crippen LogP contribution in [0.4, 0.5) is 10.2 Å². The van der Waals surface area contributed by atoms with Crippen molar-refractivity contribution in [2.75, 3.05) is 5.73 Å². The Hall–Kier alpha value is -1.50. The third kappa shape index (κ3) is 2.60. The average Bonchev–Trinajstić information content (AvgIpc) is 2.36. The number of benzene rings is 1. The highest BCUT2D eigenvalue weighted by atomic mass is 79.9. The lowest BCUT2D eigenvalue weighted by atomic mass is 9.96. The Labute approximate surface area is 119 Å². The maximum absolute atomic E-state index is 14.0.